The number of amides is 1. The number of rotatable bonds is 4. The van der Waals surface area contributed by atoms with E-state index >= 15 is 0 Å². The molecule has 0 bridgehead atoms. The number of anilines is 1. The highest BCUT2D eigenvalue weighted by Crippen LogP contribution is 2.26. The number of carbonyl (C=O) groups excluding carboxylic acids is 1. The van der Waals surface area contributed by atoms with Gasteiger partial charge in [-0.05, 0) is 23.8 Å². The summed E-state index contributed by atoms with van der Waals surface area (Å²) in [7, 11) is 0. The first-order valence-corrected chi connectivity index (χ1v) is 8.13. The van der Waals surface area contributed by atoms with Crippen molar-refractivity contribution in [1.29, 1.82) is 5.26 Å². The number of halogens is 1. The molecular formula is C19H19FN4O. The van der Waals surface area contributed by atoms with E-state index in [0.717, 1.165) is 11.3 Å². The molecule has 0 radical (unpaired) electrons. The Morgan fingerprint density at radius 3 is 2.40 bits per heavy atom. The van der Waals surface area contributed by atoms with Crippen LogP contribution < -0.4 is 10.6 Å². The van der Waals surface area contributed by atoms with Gasteiger partial charge in [-0.1, -0.05) is 30.3 Å². The summed E-state index contributed by atoms with van der Waals surface area (Å²) >= 11 is 0. The second-order valence-electron chi connectivity index (χ2n) is 6.01. The summed E-state index contributed by atoms with van der Waals surface area (Å²) in [6.45, 7) is 2.53. The first-order valence-electron chi connectivity index (χ1n) is 8.13. The van der Waals surface area contributed by atoms with Gasteiger partial charge in [0.1, 0.15) is 17.9 Å². The van der Waals surface area contributed by atoms with Gasteiger partial charge in [0, 0.05) is 26.2 Å². The van der Waals surface area contributed by atoms with E-state index in [2.05, 4.69) is 0 Å². The summed E-state index contributed by atoms with van der Waals surface area (Å²) in [6.07, 6.45) is 0. The zero-order valence-corrected chi connectivity index (χ0v) is 13.7. The number of hydrogen-bond acceptors (Lipinski definition) is 4. The van der Waals surface area contributed by atoms with Crippen molar-refractivity contribution in [3.63, 3.8) is 0 Å². The van der Waals surface area contributed by atoms with Gasteiger partial charge in [-0.3, -0.25) is 9.69 Å². The van der Waals surface area contributed by atoms with Crippen LogP contribution in [-0.2, 0) is 4.79 Å². The average molecular weight is 338 g/mol. The van der Waals surface area contributed by atoms with Crippen LogP contribution in [-0.4, -0.2) is 37.0 Å². The molecule has 6 heteroatoms. The average Bonchev–Trinajstić information content (AvgIpc) is 2.63. The van der Waals surface area contributed by atoms with Gasteiger partial charge >= 0.3 is 0 Å². The van der Waals surface area contributed by atoms with E-state index in [1.807, 2.05) is 46.2 Å². The van der Waals surface area contributed by atoms with Gasteiger partial charge in [-0.15, -0.1) is 0 Å². The van der Waals surface area contributed by atoms with E-state index in [0.29, 0.717) is 31.7 Å². The molecule has 5 nitrogen and oxygen atoms in total. The van der Waals surface area contributed by atoms with Crippen LogP contribution in [0.3, 0.4) is 0 Å². The summed E-state index contributed by atoms with van der Waals surface area (Å²) in [6, 6.07) is 15.3. The lowest BCUT2D eigenvalue weighted by molar-refractivity contribution is -0.123. The largest absolute Gasteiger partial charge is 0.368 e. The molecule has 2 aromatic carbocycles. The molecule has 2 aromatic rings. The van der Waals surface area contributed by atoms with Crippen LogP contribution in [0.5, 0.6) is 0 Å². The predicted octanol–water partition coefficient (Wildman–Crippen LogP) is 2.05. The molecule has 0 aromatic heterocycles. The Morgan fingerprint density at radius 2 is 1.80 bits per heavy atom. The number of piperazine rings is 1. The third-order valence-corrected chi connectivity index (χ3v) is 4.48. The van der Waals surface area contributed by atoms with Gasteiger partial charge in [0.15, 0.2) is 0 Å². The Balaban J connectivity index is 1.75. The highest BCUT2D eigenvalue weighted by atomic mass is 19.1. The van der Waals surface area contributed by atoms with E-state index in [-0.39, 0.29) is 5.91 Å². The van der Waals surface area contributed by atoms with Gasteiger partial charge in [0.25, 0.3) is 0 Å². The highest BCUT2D eigenvalue weighted by molar-refractivity contribution is 5.81. The minimum Gasteiger partial charge on any atom is -0.368 e. The maximum Gasteiger partial charge on any atom is 0.239 e. The maximum absolute atomic E-state index is 13.3. The van der Waals surface area contributed by atoms with Crippen molar-refractivity contribution in [3.8, 4) is 6.07 Å². The quantitative estimate of drug-likeness (QED) is 0.926. The minimum atomic E-state index is -0.466. The molecular weight excluding hydrogens is 319 g/mol. The molecule has 128 valence electrons. The molecule has 1 aliphatic heterocycles. The Morgan fingerprint density at radius 1 is 1.12 bits per heavy atom. The summed E-state index contributed by atoms with van der Waals surface area (Å²) in [5.41, 5.74) is 7.55. The number of nitrogens with zero attached hydrogens (tertiary/aromatic N) is 3. The fourth-order valence-corrected chi connectivity index (χ4v) is 3.28. The molecule has 1 aliphatic rings. The van der Waals surface area contributed by atoms with Crippen LogP contribution in [0.15, 0.2) is 48.5 Å². The topological polar surface area (TPSA) is 73.4 Å². The molecule has 25 heavy (non-hydrogen) atoms. The van der Waals surface area contributed by atoms with E-state index in [4.69, 9.17) is 5.73 Å². The smallest absolute Gasteiger partial charge is 0.239 e. The predicted molar refractivity (Wildman–Crippen MR) is 93.3 cm³/mol. The van der Waals surface area contributed by atoms with Crippen LogP contribution in [0.2, 0.25) is 0 Å². The molecule has 1 atom stereocenters. The highest BCUT2D eigenvalue weighted by Gasteiger charge is 2.29. The van der Waals surface area contributed by atoms with Crippen molar-refractivity contribution in [2.24, 2.45) is 5.73 Å². The fourth-order valence-electron chi connectivity index (χ4n) is 3.28. The monoisotopic (exact) mass is 338 g/mol. The molecule has 1 heterocycles. The van der Waals surface area contributed by atoms with Crippen LogP contribution in [0.1, 0.15) is 17.2 Å². The summed E-state index contributed by atoms with van der Waals surface area (Å²) in [5, 5.41) is 9.22. The maximum atomic E-state index is 13.3. The molecule has 3 rings (SSSR count). The van der Waals surface area contributed by atoms with Crippen molar-refractivity contribution in [1.82, 2.24) is 4.90 Å². The molecule has 0 aliphatic carbocycles. The Hall–Kier alpha value is -2.91. The van der Waals surface area contributed by atoms with Gasteiger partial charge in [-0.2, -0.15) is 5.26 Å². The fraction of sp³-hybridized carbons (Fsp3) is 0.263. The number of benzene rings is 2. The van der Waals surface area contributed by atoms with Crippen LogP contribution in [0, 0.1) is 17.1 Å². The molecule has 1 fully saturated rings. The number of carbonyl (C=O) groups is 1. The van der Waals surface area contributed by atoms with Gasteiger partial charge in [0.2, 0.25) is 5.91 Å². The van der Waals surface area contributed by atoms with Gasteiger partial charge in [0.05, 0.1) is 11.3 Å². The summed E-state index contributed by atoms with van der Waals surface area (Å²) in [5.74, 6) is -0.795. The normalized spacial score (nSPS) is 16.2. The molecule has 1 saturated heterocycles. The summed E-state index contributed by atoms with van der Waals surface area (Å²) in [4.78, 5) is 16.1. The molecule has 0 saturated carbocycles. The first kappa shape index (κ1) is 16.9. The number of hydrogen-bond donors (Lipinski definition) is 1. The third kappa shape index (κ3) is 3.62. The molecule has 2 N–H and O–H groups in total. The lowest BCUT2D eigenvalue weighted by atomic mass is 10.0. The first-order chi connectivity index (χ1) is 12.1. The van der Waals surface area contributed by atoms with E-state index in [9.17, 15) is 14.4 Å². The standard InChI is InChI=1S/C19H19FN4O/c20-16-6-7-17(15(12-16)13-21)23-8-10-24(11-9-23)18(19(22)25)14-4-2-1-3-5-14/h1-7,12,18H,8-11H2,(H2,22,25)/t18-/m0/s1. The lowest BCUT2D eigenvalue weighted by Gasteiger charge is -2.39. The van der Waals surface area contributed by atoms with Crippen LogP contribution in [0.4, 0.5) is 10.1 Å². The molecule has 1 amide bonds. The second kappa shape index (κ2) is 7.32. The van der Waals surface area contributed by atoms with E-state index < -0.39 is 11.9 Å². The van der Waals surface area contributed by atoms with Gasteiger partial charge < -0.3 is 10.6 Å². The van der Waals surface area contributed by atoms with Crippen LogP contribution in [0.25, 0.3) is 0 Å². The number of nitriles is 1. The molecule has 0 spiro atoms. The lowest BCUT2D eigenvalue weighted by Crippen LogP contribution is -2.50. The zero-order valence-electron chi connectivity index (χ0n) is 13.7. The van der Waals surface area contributed by atoms with Crippen molar-refractivity contribution >= 4 is 11.6 Å². The van der Waals surface area contributed by atoms with Crippen molar-refractivity contribution in [3.05, 3.63) is 65.5 Å². The van der Waals surface area contributed by atoms with E-state index in [1.54, 1.807) is 6.07 Å². The van der Waals surface area contributed by atoms with Crippen molar-refractivity contribution in [2.45, 2.75) is 6.04 Å². The SMILES string of the molecule is N#Cc1cc(F)ccc1N1CCN([C@H](C(N)=O)c2ccccc2)CC1. The minimum absolute atomic E-state index is 0.322. The Kier molecular flexibility index (Phi) is 4.96. The van der Waals surface area contributed by atoms with Gasteiger partial charge in [-0.25, -0.2) is 4.39 Å². The summed E-state index contributed by atoms with van der Waals surface area (Å²) < 4.78 is 13.3. The zero-order chi connectivity index (χ0) is 17.8. The van der Waals surface area contributed by atoms with E-state index in [1.165, 1.54) is 12.1 Å². The van der Waals surface area contributed by atoms with Crippen molar-refractivity contribution < 1.29 is 9.18 Å². The Labute approximate surface area is 146 Å². The number of nitrogens with two attached hydrogens (primary N) is 1. The van der Waals surface area contributed by atoms with Crippen LogP contribution >= 0.6 is 0 Å². The number of primary amides is 1. The Bertz CT molecular complexity index is 795. The second-order valence-corrected chi connectivity index (χ2v) is 6.01. The van der Waals surface area contributed by atoms with Crippen molar-refractivity contribution in [2.75, 3.05) is 31.1 Å². The third-order valence-electron chi connectivity index (χ3n) is 4.48. The molecule has 0 unspecified atom stereocenters.